The Balaban J connectivity index is 0.00000242. The van der Waals surface area contributed by atoms with Crippen LogP contribution in [-0.4, -0.2) is 66.5 Å². The average molecular weight is 334 g/mol. The summed E-state index contributed by atoms with van der Waals surface area (Å²) < 4.78 is 5.29. The van der Waals surface area contributed by atoms with Gasteiger partial charge in [0.2, 0.25) is 11.8 Å². The standard InChI is InChI=1S/C15H27N3O3.ClH/c1-12(16)5-6-14(19)18-7-3-2-4-13(18)15(20)17-8-10-21-11-9-17;/h12-13H,2-11,16H2,1H3;1H. The lowest BCUT2D eigenvalue weighted by Gasteiger charge is -2.39. The molecule has 2 aliphatic rings. The summed E-state index contributed by atoms with van der Waals surface area (Å²) in [6.07, 6.45) is 3.88. The Bertz CT molecular complexity index is 373. The molecule has 2 amide bonds. The topological polar surface area (TPSA) is 75.9 Å². The monoisotopic (exact) mass is 333 g/mol. The van der Waals surface area contributed by atoms with Crippen molar-refractivity contribution in [3.63, 3.8) is 0 Å². The molecule has 2 N–H and O–H groups in total. The van der Waals surface area contributed by atoms with Crippen LogP contribution in [0.4, 0.5) is 0 Å². The predicted octanol–water partition coefficient (Wildman–Crippen LogP) is 0.776. The minimum absolute atomic E-state index is 0. The number of amides is 2. The van der Waals surface area contributed by atoms with Crippen molar-refractivity contribution in [1.29, 1.82) is 0 Å². The summed E-state index contributed by atoms with van der Waals surface area (Å²) in [7, 11) is 0. The normalized spacial score (nSPS) is 23.6. The molecule has 2 fully saturated rings. The lowest BCUT2D eigenvalue weighted by molar-refractivity contribution is -0.150. The van der Waals surface area contributed by atoms with Gasteiger partial charge in [-0.2, -0.15) is 0 Å². The molecule has 2 rings (SSSR count). The maximum Gasteiger partial charge on any atom is 0.245 e. The van der Waals surface area contributed by atoms with Gasteiger partial charge >= 0.3 is 0 Å². The van der Waals surface area contributed by atoms with Crippen molar-refractivity contribution in [2.45, 2.75) is 51.1 Å². The number of rotatable bonds is 4. The van der Waals surface area contributed by atoms with Gasteiger partial charge in [0.15, 0.2) is 0 Å². The van der Waals surface area contributed by atoms with Crippen LogP contribution in [0.5, 0.6) is 0 Å². The highest BCUT2D eigenvalue weighted by atomic mass is 35.5. The molecule has 2 aliphatic heterocycles. The van der Waals surface area contributed by atoms with E-state index in [0.717, 1.165) is 19.3 Å². The highest BCUT2D eigenvalue weighted by Gasteiger charge is 2.34. The van der Waals surface area contributed by atoms with E-state index < -0.39 is 0 Å². The van der Waals surface area contributed by atoms with Crippen molar-refractivity contribution in [1.82, 2.24) is 9.80 Å². The van der Waals surface area contributed by atoms with Crippen molar-refractivity contribution in [3.8, 4) is 0 Å². The molecule has 0 bridgehead atoms. The summed E-state index contributed by atoms with van der Waals surface area (Å²) in [6.45, 7) is 5.06. The molecule has 2 unspecified atom stereocenters. The van der Waals surface area contributed by atoms with E-state index in [9.17, 15) is 9.59 Å². The van der Waals surface area contributed by atoms with Gasteiger partial charge in [0.25, 0.3) is 0 Å². The van der Waals surface area contributed by atoms with E-state index in [0.29, 0.717) is 45.7 Å². The van der Waals surface area contributed by atoms with E-state index in [-0.39, 0.29) is 36.3 Å². The van der Waals surface area contributed by atoms with Gasteiger partial charge < -0.3 is 20.3 Å². The van der Waals surface area contributed by atoms with Crippen LogP contribution in [0.15, 0.2) is 0 Å². The Morgan fingerprint density at radius 2 is 1.91 bits per heavy atom. The van der Waals surface area contributed by atoms with E-state index in [1.54, 1.807) is 4.90 Å². The maximum atomic E-state index is 12.7. The van der Waals surface area contributed by atoms with Crippen LogP contribution < -0.4 is 5.73 Å². The molecule has 0 spiro atoms. The van der Waals surface area contributed by atoms with Crippen LogP contribution >= 0.6 is 12.4 Å². The lowest BCUT2D eigenvalue weighted by Crippen LogP contribution is -2.55. The number of hydrogen-bond acceptors (Lipinski definition) is 4. The summed E-state index contributed by atoms with van der Waals surface area (Å²) in [5, 5.41) is 0. The van der Waals surface area contributed by atoms with Crippen molar-refractivity contribution >= 4 is 24.2 Å². The largest absolute Gasteiger partial charge is 0.378 e. The van der Waals surface area contributed by atoms with Crippen LogP contribution in [0, 0.1) is 0 Å². The molecule has 0 saturated carbocycles. The molecular weight excluding hydrogens is 306 g/mol. The molecule has 128 valence electrons. The van der Waals surface area contributed by atoms with E-state index in [1.807, 2.05) is 11.8 Å². The van der Waals surface area contributed by atoms with Crippen molar-refractivity contribution < 1.29 is 14.3 Å². The fourth-order valence-electron chi connectivity index (χ4n) is 2.98. The number of carbonyl (C=O) groups excluding carboxylic acids is 2. The Labute approximate surface area is 138 Å². The first-order chi connectivity index (χ1) is 10.1. The molecule has 22 heavy (non-hydrogen) atoms. The first-order valence-corrected chi connectivity index (χ1v) is 8.01. The number of halogens is 1. The third kappa shape index (κ3) is 5.11. The van der Waals surface area contributed by atoms with Crippen LogP contribution in [0.2, 0.25) is 0 Å². The average Bonchev–Trinajstić information content (AvgIpc) is 2.52. The Morgan fingerprint density at radius 3 is 2.55 bits per heavy atom. The second-order valence-corrected chi connectivity index (χ2v) is 6.05. The molecular formula is C15H28ClN3O3. The van der Waals surface area contributed by atoms with Gasteiger partial charge in [-0.1, -0.05) is 0 Å². The number of likely N-dealkylation sites (tertiary alicyclic amines) is 1. The zero-order valence-electron chi connectivity index (χ0n) is 13.3. The summed E-state index contributed by atoms with van der Waals surface area (Å²) >= 11 is 0. The third-order valence-electron chi connectivity index (χ3n) is 4.24. The molecule has 0 aromatic rings. The van der Waals surface area contributed by atoms with E-state index in [2.05, 4.69) is 0 Å². The number of nitrogens with zero attached hydrogens (tertiary/aromatic N) is 2. The van der Waals surface area contributed by atoms with Gasteiger partial charge in [0.1, 0.15) is 6.04 Å². The number of nitrogens with two attached hydrogens (primary N) is 1. The highest BCUT2D eigenvalue weighted by molar-refractivity contribution is 5.88. The zero-order chi connectivity index (χ0) is 15.2. The number of morpholine rings is 1. The smallest absolute Gasteiger partial charge is 0.245 e. The number of hydrogen-bond donors (Lipinski definition) is 1. The second-order valence-electron chi connectivity index (χ2n) is 6.05. The Hall–Kier alpha value is -0.850. The molecule has 2 atom stereocenters. The van der Waals surface area contributed by atoms with Crippen LogP contribution in [0.1, 0.15) is 39.0 Å². The lowest BCUT2D eigenvalue weighted by atomic mass is 9.99. The van der Waals surface area contributed by atoms with Crippen LogP contribution in [0.25, 0.3) is 0 Å². The van der Waals surface area contributed by atoms with Crippen molar-refractivity contribution in [3.05, 3.63) is 0 Å². The summed E-state index contributed by atoms with van der Waals surface area (Å²) in [5.74, 6) is 0.158. The van der Waals surface area contributed by atoms with Crippen LogP contribution in [0.3, 0.4) is 0 Å². The highest BCUT2D eigenvalue weighted by Crippen LogP contribution is 2.21. The Kier molecular flexibility index (Phi) is 8.14. The molecule has 2 heterocycles. The number of piperidine rings is 1. The summed E-state index contributed by atoms with van der Waals surface area (Å²) in [4.78, 5) is 28.7. The predicted molar refractivity (Wildman–Crippen MR) is 86.9 cm³/mol. The zero-order valence-corrected chi connectivity index (χ0v) is 14.1. The van der Waals surface area contributed by atoms with Gasteiger partial charge in [-0.05, 0) is 32.6 Å². The van der Waals surface area contributed by atoms with E-state index >= 15 is 0 Å². The van der Waals surface area contributed by atoms with Gasteiger partial charge in [-0.15, -0.1) is 12.4 Å². The minimum atomic E-state index is -0.280. The van der Waals surface area contributed by atoms with Crippen LogP contribution in [-0.2, 0) is 14.3 Å². The number of carbonyl (C=O) groups is 2. The third-order valence-corrected chi connectivity index (χ3v) is 4.24. The second kappa shape index (κ2) is 9.33. The van der Waals surface area contributed by atoms with Crippen molar-refractivity contribution in [2.75, 3.05) is 32.8 Å². The number of ether oxygens (including phenoxy) is 1. The van der Waals surface area contributed by atoms with Gasteiger partial charge in [0, 0.05) is 32.1 Å². The fraction of sp³-hybridized carbons (Fsp3) is 0.867. The molecule has 0 radical (unpaired) electrons. The molecule has 0 aliphatic carbocycles. The molecule has 6 nitrogen and oxygen atoms in total. The van der Waals surface area contributed by atoms with Gasteiger partial charge in [-0.25, -0.2) is 0 Å². The van der Waals surface area contributed by atoms with Crippen molar-refractivity contribution in [2.24, 2.45) is 5.73 Å². The molecule has 0 aromatic heterocycles. The Morgan fingerprint density at radius 1 is 1.23 bits per heavy atom. The SMILES string of the molecule is CC(N)CCC(=O)N1CCCCC1C(=O)N1CCOCC1.Cl. The first kappa shape index (κ1) is 19.2. The maximum absolute atomic E-state index is 12.7. The molecule has 7 heteroatoms. The molecule has 0 aromatic carbocycles. The van der Waals surface area contributed by atoms with E-state index in [1.165, 1.54) is 0 Å². The fourth-order valence-corrected chi connectivity index (χ4v) is 2.98. The first-order valence-electron chi connectivity index (χ1n) is 8.01. The minimum Gasteiger partial charge on any atom is -0.378 e. The quantitative estimate of drug-likeness (QED) is 0.824. The van der Waals surface area contributed by atoms with E-state index in [4.69, 9.17) is 10.5 Å². The summed E-state index contributed by atoms with van der Waals surface area (Å²) in [6, 6.07) is -0.260. The van der Waals surface area contributed by atoms with Gasteiger partial charge in [0.05, 0.1) is 13.2 Å². The summed E-state index contributed by atoms with van der Waals surface area (Å²) in [5.41, 5.74) is 5.72. The van der Waals surface area contributed by atoms with Gasteiger partial charge in [-0.3, -0.25) is 9.59 Å². The molecule has 2 saturated heterocycles.